The van der Waals surface area contributed by atoms with E-state index in [9.17, 15) is 9.90 Å². The highest BCUT2D eigenvalue weighted by atomic mass is 16.4. The molecular weight excluding hydrogens is 478 g/mol. The highest BCUT2D eigenvalue weighted by Crippen LogP contribution is 2.16. The number of benzene rings is 1. The second kappa shape index (κ2) is 15.4. The van der Waals surface area contributed by atoms with E-state index in [0.29, 0.717) is 26.1 Å². The van der Waals surface area contributed by atoms with Crippen LogP contribution >= 0.6 is 0 Å². The first-order valence-electron chi connectivity index (χ1n) is 13.8. The van der Waals surface area contributed by atoms with Crippen molar-refractivity contribution in [1.29, 1.82) is 0 Å². The lowest BCUT2D eigenvalue weighted by Gasteiger charge is -2.27. The van der Waals surface area contributed by atoms with Gasteiger partial charge in [-0.05, 0) is 63.5 Å². The summed E-state index contributed by atoms with van der Waals surface area (Å²) >= 11 is 0. The van der Waals surface area contributed by atoms with E-state index in [1.165, 1.54) is 5.56 Å². The average Bonchev–Trinajstić information content (AvgIpc) is 3.54. The van der Waals surface area contributed by atoms with Crippen molar-refractivity contribution in [2.45, 2.75) is 71.8 Å². The van der Waals surface area contributed by atoms with Crippen molar-refractivity contribution < 1.29 is 9.90 Å². The highest BCUT2D eigenvalue weighted by Gasteiger charge is 2.22. The molecule has 9 nitrogen and oxygen atoms in total. The zero-order valence-corrected chi connectivity index (χ0v) is 23.5. The average molecular weight is 524 g/mol. The molecule has 0 saturated carbocycles. The third-order valence-electron chi connectivity index (χ3n) is 6.92. The Bertz CT molecular complexity index is 1060. The van der Waals surface area contributed by atoms with Crippen molar-refractivity contribution in [3.8, 4) is 0 Å². The number of aromatic amines is 1. The molecule has 208 valence electrons. The molecule has 38 heavy (non-hydrogen) atoms. The van der Waals surface area contributed by atoms with E-state index < -0.39 is 12.0 Å². The first-order valence-corrected chi connectivity index (χ1v) is 13.8. The number of likely N-dealkylation sites (N-methyl/N-ethyl adjacent to an activating group) is 1. The van der Waals surface area contributed by atoms with Gasteiger partial charge in [0.05, 0.1) is 13.1 Å². The predicted octanol–water partition coefficient (Wildman–Crippen LogP) is 4.13. The van der Waals surface area contributed by atoms with Crippen molar-refractivity contribution >= 4 is 5.97 Å². The van der Waals surface area contributed by atoms with Gasteiger partial charge in [-0.2, -0.15) is 0 Å². The Morgan fingerprint density at radius 1 is 0.947 bits per heavy atom. The molecule has 2 aromatic heterocycles. The van der Waals surface area contributed by atoms with Gasteiger partial charge in [-0.1, -0.05) is 38.1 Å². The monoisotopic (exact) mass is 523 g/mol. The fourth-order valence-electron chi connectivity index (χ4n) is 4.93. The fraction of sp³-hybridized carbons (Fsp3) is 0.552. The van der Waals surface area contributed by atoms with Gasteiger partial charge in [0.15, 0.2) is 0 Å². The standard InChI is InChI=1S/C29H45N7O2/c1-5-16-35(17-6-2)18-7-8-26(29(37)38)34(4)20-24-9-11-25(12-10-24)21-36(22-27-30-13-14-31-27)23-28-32-15-19-33(28)3/h9-15,19,26H,5-8,16-18,20-23H2,1-4H3,(H,30,31)(H,37,38). The minimum atomic E-state index is -0.746. The summed E-state index contributed by atoms with van der Waals surface area (Å²) in [6.45, 7) is 10.3. The zero-order chi connectivity index (χ0) is 27.3. The lowest BCUT2D eigenvalue weighted by molar-refractivity contribution is -0.143. The van der Waals surface area contributed by atoms with Crippen molar-refractivity contribution in [2.24, 2.45) is 7.05 Å². The lowest BCUT2D eigenvalue weighted by Crippen LogP contribution is -2.39. The Balaban J connectivity index is 1.57. The van der Waals surface area contributed by atoms with Crippen LogP contribution in [0, 0.1) is 0 Å². The fourth-order valence-corrected chi connectivity index (χ4v) is 4.93. The van der Waals surface area contributed by atoms with Crippen molar-refractivity contribution in [3.05, 3.63) is 71.8 Å². The third-order valence-corrected chi connectivity index (χ3v) is 6.92. The summed E-state index contributed by atoms with van der Waals surface area (Å²) in [5.74, 6) is 1.18. The summed E-state index contributed by atoms with van der Waals surface area (Å²) in [5, 5.41) is 9.89. The molecular formula is C29H45N7O2. The second-order valence-electron chi connectivity index (χ2n) is 10.2. The number of carbonyl (C=O) groups is 1. The molecule has 9 heteroatoms. The molecule has 2 N–H and O–H groups in total. The molecule has 2 heterocycles. The number of H-pyrrole nitrogens is 1. The summed E-state index contributed by atoms with van der Waals surface area (Å²) in [6.07, 6.45) is 11.2. The van der Waals surface area contributed by atoms with Crippen LogP contribution in [0.5, 0.6) is 0 Å². The molecule has 1 atom stereocenters. The molecule has 1 aromatic carbocycles. The summed E-state index contributed by atoms with van der Waals surface area (Å²) in [6, 6.07) is 8.02. The number of rotatable bonds is 18. The Hall–Kier alpha value is -3.01. The van der Waals surface area contributed by atoms with Crippen molar-refractivity contribution in [3.63, 3.8) is 0 Å². The normalized spacial score (nSPS) is 12.6. The van der Waals surface area contributed by atoms with Gasteiger partial charge >= 0.3 is 5.97 Å². The molecule has 0 saturated heterocycles. The Labute approximate surface area is 227 Å². The maximum absolute atomic E-state index is 12.0. The number of hydrogen-bond donors (Lipinski definition) is 2. The van der Waals surface area contributed by atoms with Crippen molar-refractivity contribution in [1.82, 2.24) is 34.2 Å². The Morgan fingerprint density at radius 3 is 2.18 bits per heavy atom. The Morgan fingerprint density at radius 2 is 1.63 bits per heavy atom. The number of aryl methyl sites for hydroxylation is 1. The lowest BCUT2D eigenvalue weighted by atomic mass is 10.1. The molecule has 0 aliphatic rings. The molecule has 0 fully saturated rings. The first kappa shape index (κ1) is 29.5. The molecule has 0 radical (unpaired) electrons. The van der Waals surface area contributed by atoms with E-state index in [2.05, 4.69) is 62.9 Å². The van der Waals surface area contributed by atoms with Gasteiger partial charge in [0.1, 0.15) is 17.7 Å². The minimum absolute atomic E-state index is 0.485. The number of aliphatic carboxylic acids is 1. The van der Waals surface area contributed by atoms with Crippen LogP contribution in [0.2, 0.25) is 0 Å². The Kier molecular flexibility index (Phi) is 12.0. The van der Waals surface area contributed by atoms with Gasteiger partial charge in [-0.3, -0.25) is 14.6 Å². The quantitative estimate of drug-likeness (QED) is 0.259. The summed E-state index contributed by atoms with van der Waals surface area (Å²) in [7, 11) is 3.93. The molecule has 1 unspecified atom stereocenters. The molecule has 3 aromatic rings. The van der Waals surface area contributed by atoms with E-state index in [1.807, 2.05) is 42.2 Å². The highest BCUT2D eigenvalue weighted by molar-refractivity contribution is 5.73. The van der Waals surface area contributed by atoms with Gasteiger partial charge in [0.25, 0.3) is 0 Å². The van der Waals surface area contributed by atoms with Crippen LogP contribution in [-0.4, -0.2) is 78.0 Å². The molecule has 0 bridgehead atoms. The molecule has 0 amide bonds. The number of nitrogens with zero attached hydrogens (tertiary/aromatic N) is 6. The van der Waals surface area contributed by atoms with E-state index in [0.717, 1.165) is 62.7 Å². The van der Waals surface area contributed by atoms with Crippen LogP contribution in [0.15, 0.2) is 49.1 Å². The van der Waals surface area contributed by atoms with Crippen LogP contribution in [-0.2, 0) is 38.0 Å². The van der Waals surface area contributed by atoms with E-state index >= 15 is 0 Å². The van der Waals surface area contributed by atoms with E-state index in [-0.39, 0.29) is 0 Å². The van der Waals surface area contributed by atoms with Gasteiger partial charge in [0.2, 0.25) is 0 Å². The molecule has 0 spiro atoms. The first-order chi connectivity index (χ1) is 18.4. The largest absolute Gasteiger partial charge is 0.480 e. The van der Waals surface area contributed by atoms with Crippen LogP contribution < -0.4 is 0 Å². The number of aromatic nitrogens is 4. The minimum Gasteiger partial charge on any atom is -0.480 e. The van der Waals surface area contributed by atoms with E-state index in [4.69, 9.17) is 0 Å². The number of imidazole rings is 2. The predicted molar refractivity (Wildman–Crippen MR) is 150 cm³/mol. The van der Waals surface area contributed by atoms with Crippen molar-refractivity contribution in [2.75, 3.05) is 26.7 Å². The maximum Gasteiger partial charge on any atom is 0.320 e. The number of carboxylic acids is 1. The van der Waals surface area contributed by atoms with Crippen LogP contribution in [0.4, 0.5) is 0 Å². The van der Waals surface area contributed by atoms with Gasteiger partial charge in [0, 0.05) is 44.9 Å². The topological polar surface area (TPSA) is 93.5 Å². The third kappa shape index (κ3) is 9.38. The maximum atomic E-state index is 12.0. The zero-order valence-electron chi connectivity index (χ0n) is 23.5. The van der Waals surface area contributed by atoms with Gasteiger partial charge < -0.3 is 19.6 Å². The molecule has 0 aliphatic heterocycles. The van der Waals surface area contributed by atoms with Crippen LogP contribution in [0.3, 0.4) is 0 Å². The summed E-state index contributed by atoms with van der Waals surface area (Å²) in [5.41, 5.74) is 2.31. The van der Waals surface area contributed by atoms with Crippen LogP contribution in [0.25, 0.3) is 0 Å². The van der Waals surface area contributed by atoms with E-state index in [1.54, 1.807) is 6.20 Å². The summed E-state index contributed by atoms with van der Waals surface area (Å²) in [4.78, 5) is 30.8. The smallest absolute Gasteiger partial charge is 0.320 e. The molecule has 0 aliphatic carbocycles. The van der Waals surface area contributed by atoms with Gasteiger partial charge in [-0.25, -0.2) is 9.97 Å². The van der Waals surface area contributed by atoms with Gasteiger partial charge in [-0.15, -0.1) is 0 Å². The number of carboxylic acid groups (broad SMARTS) is 1. The SMILES string of the molecule is CCCN(CCC)CCCC(C(=O)O)N(C)Cc1ccc(CN(Cc2ncc[nH]2)Cc2nccn2C)cc1. The van der Waals surface area contributed by atoms with Crippen LogP contribution in [0.1, 0.15) is 62.3 Å². The molecule has 3 rings (SSSR count). The number of nitrogens with one attached hydrogen (secondary N) is 1. The summed E-state index contributed by atoms with van der Waals surface area (Å²) < 4.78 is 2.04. The number of hydrogen-bond acceptors (Lipinski definition) is 6. The second-order valence-corrected chi connectivity index (χ2v) is 10.2.